The van der Waals surface area contributed by atoms with Crippen LogP contribution in [0.3, 0.4) is 0 Å². The van der Waals surface area contributed by atoms with Gasteiger partial charge in [-0.25, -0.2) is 9.78 Å². The summed E-state index contributed by atoms with van der Waals surface area (Å²) in [6, 6.07) is 5.74. The molecule has 0 spiro atoms. The van der Waals surface area contributed by atoms with E-state index >= 15 is 0 Å². The molecule has 0 fully saturated rings. The number of carbonyl (C=O) groups is 3. The fraction of sp³-hybridized carbons (Fsp3) is 0.318. The highest BCUT2D eigenvalue weighted by atomic mass is 32.1. The summed E-state index contributed by atoms with van der Waals surface area (Å²) in [4.78, 5) is 54.3. The summed E-state index contributed by atoms with van der Waals surface area (Å²) < 4.78 is 11.2. The highest BCUT2D eigenvalue weighted by Crippen LogP contribution is 2.28. The number of amides is 2. The second kappa shape index (κ2) is 10.4. The molecule has 11 heteroatoms. The molecule has 0 radical (unpaired) electrons. The number of methoxy groups -OCH3 is 1. The first-order chi connectivity index (χ1) is 15.7. The second-order valence-corrected chi connectivity index (χ2v) is 8.24. The number of fused-ring (bicyclic) bond motifs is 1. The van der Waals surface area contributed by atoms with Crippen molar-refractivity contribution in [3.8, 4) is 0 Å². The largest absolute Gasteiger partial charge is 0.459 e. The van der Waals surface area contributed by atoms with Crippen LogP contribution in [0.1, 0.15) is 35.1 Å². The predicted octanol–water partition coefficient (Wildman–Crippen LogP) is 2.73. The number of rotatable bonds is 8. The number of aryl methyl sites for hydroxylation is 1. The third kappa shape index (κ3) is 5.44. The summed E-state index contributed by atoms with van der Waals surface area (Å²) in [5.41, 5.74) is 1.15. The fourth-order valence-electron chi connectivity index (χ4n) is 3.10. The fourth-order valence-corrected chi connectivity index (χ4v) is 4.14. The minimum absolute atomic E-state index is 0.101. The van der Waals surface area contributed by atoms with E-state index in [1.165, 1.54) is 24.9 Å². The van der Waals surface area contributed by atoms with Gasteiger partial charge in [-0.2, -0.15) is 0 Å². The molecule has 1 unspecified atom stereocenters. The average Bonchev–Trinajstić information content (AvgIpc) is 3.12. The molecule has 174 valence electrons. The Labute approximate surface area is 193 Å². The van der Waals surface area contributed by atoms with Gasteiger partial charge in [-0.1, -0.05) is 0 Å². The molecule has 0 aliphatic carbocycles. The normalized spacial score (nSPS) is 11.8. The van der Waals surface area contributed by atoms with Crippen molar-refractivity contribution in [3.63, 3.8) is 0 Å². The third-order valence-electron chi connectivity index (χ3n) is 4.85. The van der Waals surface area contributed by atoms with Crippen molar-refractivity contribution in [2.75, 3.05) is 31.0 Å². The van der Waals surface area contributed by atoms with E-state index in [-0.39, 0.29) is 24.5 Å². The number of anilines is 2. The Hall–Kier alpha value is -3.57. The van der Waals surface area contributed by atoms with E-state index in [4.69, 9.17) is 9.47 Å². The molecule has 0 saturated heterocycles. The molecule has 2 aromatic heterocycles. The van der Waals surface area contributed by atoms with E-state index < -0.39 is 23.5 Å². The summed E-state index contributed by atoms with van der Waals surface area (Å²) >= 11 is 1.07. The van der Waals surface area contributed by atoms with Crippen LogP contribution in [0, 0.1) is 6.92 Å². The summed E-state index contributed by atoms with van der Waals surface area (Å²) in [5, 5.41) is 5.66. The van der Waals surface area contributed by atoms with Gasteiger partial charge in [0.1, 0.15) is 22.4 Å². The average molecular weight is 473 g/mol. The summed E-state index contributed by atoms with van der Waals surface area (Å²) in [6.07, 6.45) is 1.30. The van der Waals surface area contributed by atoms with Gasteiger partial charge >= 0.3 is 5.97 Å². The number of benzene rings is 1. The highest BCUT2D eigenvalue weighted by Gasteiger charge is 2.23. The number of nitrogens with zero attached hydrogens (tertiary/aromatic N) is 2. The van der Waals surface area contributed by atoms with Crippen LogP contribution in [0.4, 0.5) is 11.4 Å². The molecule has 2 heterocycles. The molecular weight excluding hydrogens is 448 g/mol. The van der Waals surface area contributed by atoms with Crippen LogP contribution in [0.5, 0.6) is 0 Å². The Morgan fingerprint density at radius 1 is 1.12 bits per heavy atom. The van der Waals surface area contributed by atoms with E-state index in [9.17, 15) is 19.2 Å². The molecule has 10 nitrogen and oxygen atoms in total. The number of carbonyl (C=O) groups excluding carboxylic acids is 3. The first kappa shape index (κ1) is 24.1. The van der Waals surface area contributed by atoms with Crippen LogP contribution in [-0.4, -0.2) is 47.7 Å². The summed E-state index contributed by atoms with van der Waals surface area (Å²) in [6.45, 7) is 5.01. The van der Waals surface area contributed by atoms with Crippen LogP contribution in [0.15, 0.2) is 35.4 Å². The van der Waals surface area contributed by atoms with Gasteiger partial charge in [-0.15, -0.1) is 11.3 Å². The summed E-state index contributed by atoms with van der Waals surface area (Å²) in [7, 11) is 1.50. The number of ether oxygens (including phenoxy) is 2. The lowest BCUT2D eigenvalue weighted by Crippen LogP contribution is -2.31. The second-order valence-electron chi connectivity index (χ2n) is 7.25. The maximum Gasteiger partial charge on any atom is 0.348 e. The smallest absolute Gasteiger partial charge is 0.348 e. The molecule has 1 atom stereocenters. The predicted molar refractivity (Wildman–Crippen MR) is 125 cm³/mol. The maximum atomic E-state index is 13.1. The van der Waals surface area contributed by atoms with Crippen LogP contribution in [0.25, 0.3) is 10.2 Å². The molecule has 0 aliphatic heterocycles. The van der Waals surface area contributed by atoms with Crippen molar-refractivity contribution in [2.45, 2.75) is 26.8 Å². The quantitative estimate of drug-likeness (QED) is 0.381. The lowest BCUT2D eigenvalue weighted by molar-refractivity contribution is -0.119. The molecule has 0 aliphatic rings. The molecule has 0 bridgehead atoms. The van der Waals surface area contributed by atoms with Crippen LogP contribution >= 0.6 is 11.3 Å². The van der Waals surface area contributed by atoms with Gasteiger partial charge in [0.2, 0.25) is 11.8 Å². The molecule has 1 aromatic carbocycles. The van der Waals surface area contributed by atoms with Crippen molar-refractivity contribution in [2.24, 2.45) is 0 Å². The standard InChI is InChI=1S/C22H24N4O6S/c1-12-17-20(33-18(12)22(30)32-10-9-31-4)23-11-26(21(17)29)13(2)19(28)25-16-7-5-15(6-8-16)24-14(3)27/h5-8,11,13H,9-10H2,1-4H3,(H,24,27)(H,25,28). The van der Waals surface area contributed by atoms with Crippen LogP contribution in [0.2, 0.25) is 0 Å². The molecule has 33 heavy (non-hydrogen) atoms. The maximum absolute atomic E-state index is 13.1. The SMILES string of the molecule is COCCOC(=O)c1sc2ncn(C(C)C(=O)Nc3ccc(NC(C)=O)cc3)c(=O)c2c1C. The van der Waals surface area contributed by atoms with Gasteiger partial charge in [0.15, 0.2) is 0 Å². The van der Waals surface area contributed by atoms with Crippen molar-refractivity contribution >= 4 is 50.7 Å². The number of hydrogen-bond acceptors (Lipinski definition) is 8. The third-order valence-corrected chi connectivity index (χ3v) is 6.03. The van der Waals surface area contributed by atoms with Crippen LogP contribution < -0.4 is 16.2 Å². The van der Waals surface area contributed by atoms with E-state index in [0.717, 1.165) is 11.3 Å². The molecule has 0 saturated carbocycles. The first-order valence-electron chi connectivity index (χ1n) is 10.1. The summed E-state index contributed by atoms with van der Waals surface area (Å²) in [5.74, 6) is -1.16. The van der Waals surface area contributed by atoms with Gasteiger partial charge in [0.25, 0.3) is 5.56 Å². The van der Waals surface area contributed by atoms with Gasteiger partial charge in [-0.3, -0.25) is 19.0 Å². The number of hydrogen-bond donors (Lipinski definition) is 2. The topological polar surface area (TPSA) is 129 Å². The Balaban J connectivity index is 1.81. The monoisotopic (exact) mass is 472 g/mol. The van der Waals surface area contributed by atoms with E-state index in [2.05, 4.69) is 15.6 Å². The zero-order chi connectivity index (χ0) is 24.1. The lowest BCUT2D eigenvalue weighted by atomic mass is 10.2. The Bertz CT molecular complexity index is 1250. The van der Waals surface area contributed by atoms with Crippen molar-refractivity contribution in [1.29, 1.82) is 0 Å². The van der Waals surface area contributed by atoms with Crippen molar-refractivity contribution in [1.82, 2.24) is 9.55 Å². The minimum atomic E-state index is -0.860. The minimum Gasteiger partial charge on any atom is -0.459 e. The molecule has 2 amide bonds. The Morgan fingerprint density at radius 2 is 1.76 bits per heavy atom. The molecule has 3 rings (SSSR count). The zero-order valence-corrected chi connectivity index (χ0v) is 19.4. The Kier molecular flexibility index (Phi) is 7.56. The lowest BCUT2D eigenvalue weighted by Gasteiger charge is -2.15. The zero-order valence-electron chi connectivity index (χ0n) is 18.6. The van der Waals surface area contributed by atoms with Gasteiger partial charge in [-0.05, 0) is 43.7 Å². The van der Waals surface area contributed by atoms with E-state index in [1.807, 2.05) is 0 Å². The van der Waals surface area contributed by atoms with Crippen molar-refractivity contribution < 1.29 is 23.9 Å². The van der Waals surface area contributed by atoms with E-state index in [1.54, 1.807) is 38.1 Å². The molecule has 3 aromatic rings. The van der Waals surface area contributed by atoms with Gasteiger partial charge < -0.3 is 20.1 Å². The van der Waals surface area contributed by atoms with Gasteiger partial charge in [0.05, 0.1) is 18.3 Å². The number of aromatic nitrogens is 2. The van der Waals surface area contributed by atoms with Crippen molar-refractivity contribution in [3.05, 3.63) is 51.4 Å². The van der Waals surface area contributed by atoms with E-state index in [0.29, 0.717) is 26.6 Å². The molecular formula is C22H24N4O6S. The van der Waals surface area contributed by atoms with Crippen LogP contribution in [-0.2, 0) is 19.1 Å². The molecule has 2 N–H and O–H groups in total. The number of esters is 1. The highest BCUT2D eigenvalue weighted by molar-refractivity contribution is 7.20. The Morgan fingerprint density at radius 3 is 2.36 bits per heavy atom. The number of nitrogens with one attached hydrogen (secondary N) is 2. The van der Waals surface area contributed by atoms with Gasteiger partial charge in [0, 0.05) is 25.4 Å². The number of thiophene rings is 1. The first-order valence-corrected chi connectivity index (χ1v) is 10.9.